The molecule has 2 aromatic carbocycles. The standard InChI is InChI=1S/C24H24N6O4/c1-15-4-8-17(9-5-15)14-25-19(31)12-13-20-26-22(28-34-20)21-23(32)29(3)24(33)30(27-21)18-10-6-16(2)7-11-18/h4-11H,12-14H2,1-3H3,(H,25,31). The van der Waals surface area contributed by atoms with Crippen LogP contribution in [0.2, 0.25) is 0 Å². The Morgan fingerprint density at radius 3 is 2.32 bits per heavy atom. The van der Waals surface area contributed by atoms with Crippen LogP contribution in [0, 0.1) is 13.8 Å². The third-order valence-electron chi connectivity index (χ3n) is 5.31. The molecule has 10 heteroatoms. The van der Waals surface area contributed by atoms with Crippen LogP contribution in [0.1, 0.15) is 29.0 Å². The van der Waals surface area contributed by atoms with Crippen molar-refractivity contribution in [2.24, 2.45) is 7.05 Å². The van der Waals surface area contributed by atoms with Gasteiger partial charge in [0.25, 0.3) is 5.56 Å². The maximum atomic E-state index is 12.6. The molecule has 0 radical (unpaired) electrons. The van der Waals surface area contributed by atoms with Crippen LogP contribution >= 0.6 is 0 Å². The molecule has 0 bridgehead atoms. The minimum absolute atomic E-state index is 0.0449. The average Bonchev–Trinajstić information content (AvgIpc) is 3.30. The van der Waals surface area contributed by atoms with Gasteiger partial charge in [0.1, 0.15) is 0 Å². The predicted octanol–water partition coefficient (Wildman–Crippen LogP) is 1.85. The van der Waals surface area contributed by atoms with Gasteiger partial charge in [-0.1, -0.05) is 52.7 Å². The number of benzene rings is 2. The summed E-state index contributed by atoms with van der Waals surface area (Å²) in [6, 6.07) is 15.0. The number of aryl methyl sites for hydroxylation is 3. The Morgan fingerprint density at radius 2 is 1.65 bits per heavy atom. The van der Waals surface area contributed by atoms with Crippen LogP contribution in [0.15, 0.2) is 62.6 Å². The topological polar surface area (TPSA) is 125 Å². The molecule has 0 aliphatic heterocycles. The molecule has 1 N–H and O–H groups in total. The van der Waals surface area contributed by atoms with Crippen molar-refractivity contribution in [3.8, 4) is 17.2 Å². The molecule has 174 valence electrons. The quantitative estimate of drug-likeness (QED) is 0.446. The fourth-order valence-corrected chi connectivity index (χ4v) is 3.24. The monoisotopic (exact) mass is 460 g/mol. The fourth-order valence-electron chi connectivity index (χ4n) is 3.24. The molecule has 4 rings (SSSR count). The molecule has 0 aliphatic carbocycles. The minimum atomic E-state index is -0.642. The van der Waals surface area contributed by atoms with E-state index in [1.165, 1.54) is 7.05 Å². The first kappa shape index (κ1) is 22.8. The number of amides is 1. The summed E-state index contributed by atoms with van der Waals surface area (Å²) < 4.78 is 7.27. The number of aromatic nitrogens is 5. The second kappa shape index (κ2) is 9.65. The van der Waals surface area contributed by atoms with Crippen LogP contribution in [0.25, 0.3) is 17.2 Å². The van der Waals surface area contributed by atoms with Crippen molar-refractivity contribution >= 4 is 5.91 Å². The zero-order valence-electron chi connectivity index (χ0n) is 19.1. The summed E-state index contributed by atoms with van der Waals surface area (Å²) in [4.78, 5) is 41.6. The van der Waals surface area contributed by atoms with E-state index in [2.05, 4.69) is 20.6 Å². The lowest BCUT2D eigenvalue weighted by Crippen LogP contribution is -2.40. The molecule has 34 heavy (non-hydrogen) atoms. The summed E-state index contributed by atoms with van der Waals surface area (Å²) >= 11 is 0. The Balaban J connectivity index is 1.47. The highest BCUT2D eigenvalue weighted by molar-refractivity contribution is 5.76. The maximum absolute atomic E-state index is 12.6. The molecule has 0 spiro atoms. The first-order valence-electron chi connectivity index (χ1n) is 10.7. The van der Waals surface area contributed by atoms with Gasteiger partial charge in [-0.25, -0.2) is 4.79 Å². The molecule has 4 aromatic rings. The number of carbonyl (C=O) groups is 1. The molecule has 10 nitrogen and oxygen atoms in total. The third kappa shape index (κ3) is 5.01. The van der Waals surface area contributed by atoms with Crippen LogP contribution in [-0.4, -0.2) is 30.4 Å². The van der Waals surface area contributed by atoms with E-state index in [4.69, 9.17) is 4.52 Å². The molecule has 2 heterocycles. The van der Waals surface area contributed by atoms with E-state index in [0.717, 1.165) is 25.9 Å². The predicted molar refractivity (Wildman–Crippen MR) is 124 cm³/mol. The summed E-state index contributed by atoms with van der Waals surface area (Å²) in [6.07, 6.45) is 0.340. The van der Waals surface area contributed by atoms with Crippen molar-refractivity contribution in [2.45, 2.75) is 33.2 Å². The van der Waals surface area contributed by atoms with E-state index in [0.29, 0.717) is 12.2 Å². The Kier molecular flexibility index (Phi) is 6.48. The van der Waals surface area contributed by atoms with Gasteiger partial charge in [-0.05, 0) is 31.5 Å². The Hall–Kier alpha value is -4.34. The van der Waals surface area contributed by atoms with Gasteiger partial charge in [-0.15, -0.1) is 0 Å². The zero-order valence-corrected chi connectivity index (χ0v) is 19.1. The van der Waals surface area contributed by atoms with Crippen molar-refractivity contribution < 1.29 is 9.32 Å². The molecule has 1 amide bonds. The fraction of sp³-hybridized carbons (Fsp3) is 0.250. The van der Waals surface area contributed by atoms with Crippen LogP contribution in [0.5, 0.6) is 0 Å². The largest absolute Gasteiger partial charge is 0.352 e. The van der Waals surface area contributed by atoms with Gasteiger partial charge in [0.15, 0.2) is 5.69 Å². The zero-order chi connectivity index (χ0) is 24.2. The first-order chi connectivity index (χ1) is 16.3. The van der Waals surface area contributed by atoms with Crippen LogP contribution in [0.3, 0.4) is 0 Å². The number of hydrogen-bond donors (Lipinski definition) is 1. The van der Waals surface area contributed by atoms with E-state index in [-0.39, 0.29) is 36.2 Å². The van der Waals surface area contributed by atoms with Crippen LogP contribution in [-0.2, 0) is 24.8 Å². The van der Waals surface area contributed by atoms with Crippen molar-refractivity contribution in [1.29, 1.82) is 0 Å². The molecular weight excluding hydrogens is 436 g/mol. The second-order valence-electron chi connectivity index (χ2n) is 8.02. The van der Waals surface area contributed by atoms with Gasteiger partial charge in [-0.2, -0.15) is 14.8 Å². The number of carbonyl (C=O) groups excluding carboxylic acids is 1. The lowest BCUT2D eigenvalue weighted by atomic mass is 10.1. The van der Waals surface area contributed by atoms with E-state index in [1.807, 2.05) is 50.2 Å². The normalized spacial score (nSPS) is 10.9. The molecule has 0 saturated heterocycles. The Labute approximate surface area is 194 Å². The molecule has 0 saturated carbocycles. The van der Waals surface area contributed by atoms with Gasteiger partial charge in [-0.3, -0.25) is 14.2 Å². The number of rotatable bonds is 7. The van der Waals surface area contributed by atoms with Crippen LogP contribution < -0.4 is 16.6 Å². The van der Waals surface area contributed by atoms with Gasteiger partial charge in [0, 0.05) is 26.4 Å². The van der Waals surface area contributed by atoms with Crippen molar-refractivity contribution in [1.82, 2.24) is 29.8 Å². The molecule has 0 atom stereocenters. The molecular formula is C24H24N6O4. The highest BCUT2D eigenvalue weighted by Crippen LogP contribution is 2.11. The molecule has 2 aromatic heterocycles. The van der Waals surface area contributed by atoms with Crippen molar-refractivity contribution in [3.63, 3.8) is 0 Å². The highest BCUT2D eigenvalue weighted by Gasteiger charge is 2.19. The number of nitrogens with zero attached hydrogens (tertiary/aromatic N) is 5. The van der Waals surface area contributed by atoms with Gasteiger partial charge in [0.2, 0.25) is 17.6 Å². The lowest BCUT2D eigenvalue weighted by molar-refractivity contribution is -0.121. The Morgan fingerprint density at radius 1 is 1.00 bits per heavy atom. The molecule has 0 fully saturated rings. The summed E-state index contributed by atoms with van der Waals surface area (Å²) in [7, 11) is 1.36. The van der Waals surface area contributed by atoms with Crippen LogP contribution in [0.4, 0.5) is 0 Å². The summed E-state index contributed by atoms with van der Waals surface area (Å²) in [5, 5.41) is 10.9. The molecule has 0 unspecified atom stereocenters. The number of hydrogen-bond acceptors (Lipinski definition) is 7. The van der Waals surface area contributed by atoms with E-state index in [9.17, 15) is 14.4 Å². The smallest absolute Gasteiger partial charge is 0.351 e. The summed E-state index contributed by atoms with van der Waals surface area (Å²) in [6.45, 7) is 4.36. The van der Waals surface area contributed by atoms with E-state index in [1.54, 1.807) is 12.1 Å². The van der Waals surface area contributed by atoms with E-state index < -0.39 is 11.2 Å². The van der Waals surface area contributed by atoms with Crippen molar-refractivity contribution in [2.75, 3.05) is 0 Å². The lowest BCUT2D eigenvalue weighted by Gasteiger charge is -2.08. The highest BCUT2D eigenvalue weighted by atomic mass is 16.5. The number of nitrogens with one attached hydrogen (secondary N) is 1. The van der Waals surface area contributed by atoms with Gasteiger partial charge in [0.05, 0.1) is 5.69 Å². The van der Waals surface area contributed by atoms with Gasteiger partial charge >= 0.3 is 5.69 Å². The maximum Gasteiger partial charge on any atom is 0.351 e. The van der Waals surface area contributed by atoms with Gasteiger partial charge < -0.3 is 9.84 Å². The molecule has 0 aliphatic rings. The average molecular weight is 460 g/mol. The van der Waals surface area contributed by atoms with Crippen molar-refractivity contribution in [3.05, 3.63) is 92.0 Å². The summed E-state index contributed by atoms with van der Waals surface area (Å²) in [5.74, 6) is -0.0174. The third-order valence-corrected chi connectivity index (χ3v) is 5.31. The minimum Gasteiger partial charge on any atom is -0.352 e. The van der Waals surface area contributed by atoms with E-state index >= 15 is 0 Å². The second-order valence-corrected chi connectivity index (χ2v) is 8.02. The first-order valence-corrected chi connectivity index (χ1v) is 10.7. The Bertz CT molecular complexity index is 1430. The summed E-state index contributed by atoms with van der Waals surface area (Å²) in [5.41, 5.74) is 2.32. The SMILES string of the molecule is Cc1ccc(CNC(=O)CCc2nc(-c3nn(-c4ccc(C)cc4)c(=O)n(C)c3=O)no2)cc1.